The molecule has 1 aromatic carbocycles. The van der Waals surface area contributed by atoms with Gasteiger partial charge in [0.15, 0.2) is 0 Å². The molecule has 0 aliphatic carbocycles. The van der Waals surface area contributed by atoms with Crippen molar-refractivity contribution in [2.75, 3.05) is 13.2 Å². The zero-order valence-corrected chi connectivity index (χ0v) is 15.6. The van der Waals surface area contributed by atoms with E-state index in [4.69, 9.17) is 9.47 Å². The van der Waals surface area contributed by atoms with Crippen LogP contribution in [0.4, 0.5) is 18.0 Å². The molecule has 2 N–H and O–H groups in total. The number of urea groups is 1. The molecule has 0 unspecified atom stereocenters. The highest BCUT2D eigenvalue weighted by molar-refractivity contribution is 5.95. The molecule has 0 radical (unpaired) electrons. The van der Waals surface area contributed by atoms with Gasteiger partial charge >= 0.3 is 24.1 Å². The minimum Gasteiger partial charge on any atom is -0.463 e. The van der Waals surface area contributed by atoms with Crippen LogP contribution < -0.4 is 10.6 Å². The summed E-state index contributed by atoms with van der Waals surface area (Å²) in [5, 5.41) is 4.89. The second kappa shape index (κ2) is 9.26. The van der Waals surface area contributed by atoms with Crippen LogP contribution in [0.15, 0.2) is 41.6 Å². The van der Waals surface area contributed by atoms with Crippen LogP contribution in [0.1, 0.15) is 25.0 Å². The lowest BCUT2D eigenvalue weighted by molar-refractivity contribution is -0.140. The molecule has 156 valence electrons. The summed E-state index contributed by atoms with van der Waals surface area (Å²) in [6, 6.07) is 3.19. The van der Waals surface area contributed by atoms with Crippen LogP contribution in [0.5, 0.6) is 0 Å². The Morgan fingerprint density at radius 1 is 1.24 bits per heavy atom. The van der Waals surface area contributed by atoms with Crippen molar-refractivity contribution in [1.29, 1.82) is 0 Å². The third kappa shape index (κ3) is 6.09. The minimum atomic E-state index is -4.50. The van der Waals surface area contributed by atoms with Crippen LogP contribution >= 0.6 is 0 Å². The predicted octanol–water partition coefficient (Wildman–Crippen LogP) is 2.78. The lowest BCUT2D eigenvalue weighted by Crippen LogP contribution is -2.50. The van der Waals surface area contributed by atoms with E-state index < -0.39 is 42.4 Å². The van der Waals surface area contributed by atoms with E-state index in [0.29, 0.717) is 0 Å². The van der Waals surface area contributed by atoms with Crippen LogP contribution in [-0.4, -0.2) is 37.2 Å². The summed E-state index contributed by atoms with van der Waals surface area (Å²) in [7, 11) is 0. The Morgan fingerprint density at radius 2 is 1.97 bits per heavy atom. The van der Waals surface area contributed by atoms with E-state index in [9.17, 15) is 27.6 Å². The first-order valence-corrected chi connectivity index (χ1v) is 8.61. The minimum absolute atomic E-state index is 0.0699. The summed E-state index contributed by atoms with van der Waals surface area (Å²) in [5.41, 5.74) is -0.503. The lowest BCUT2D eigenvalue weighted by atomic mass is 10.0. The fraction of sp³-hybridized carbons (Fsp3) is 0.316. The second-order valence-corrected chi connectivity index (χ2v) is 6.00. The van der Waals surface area contributed by atoms with E-state index in [0.717, 1.165) is 18.2 Å². The first-order valence-electron chi connectivity index (χ1n) is 8.61. The maximum Gasteiger partial charge on any atom is 0.416 e. The fourth-order valence-corrected chi connectivity index (χ4v) is 2.57. The summed E-state index contributed by atoms with van der Waals surface area (Å²) in [5.74, 6) is -1.53. The highest BCUT2D eigenvalue weighted by atomic mass is 19.4. The van der Waals surface area contributed by atoms with Crippen molar-refractivity contribution in [3.8, 4) is 0 Å². The molecule has 10 heteroatoms. The number of hydrogen-bond donors (Lipinski definition) is 2. The Kier molecular flexibility index (Phi) is 7.03. The molecule has 0 aromatic heterocycles. The van der Waals surface area contributed by atoms with Crippen LogP contribution in [-0.2, 0) is 25.2 Å². The molecule has 0 saturated heterocycles. The molecule has 0 saturated carbocycles. The third-order valence-electron chi connectivity index (χ3n) is 3.85. The van der Waals surface area contributed by atoms with Gasteiger partial charge in [0.25, 0.3) is 0 Å². The number of hydrogen-bond acceptors (Lipinski definition) is 5. The number of ether oxygens (including phenoxy) is 2. The van der Waals surface area contributed by atoms with Gasteiger partial charge in [-0.1, -0.05) is 12.1 Å². The highest BCUT2D eigenvalue weighted by Crippen LogP contribution is 2.29. The van der Waals surface area contributed by atoms with Gasteiger partial charge < -0.3 is 20.1 Å². The standard InChI is InChI=1S/C19H19F3N2O5/c1-3-28-17(26)16-11(2)23-18(27)24-14(16)10-29-15(25)8-7-12-5-4-6-13(9-12)19(20,21)22/h4-9,11H,3,10H2,1-2H3,(H2,23,24,27)/b8-7+/t11-/m1/s1. The van der Waals surface area contributed by atoms with Gasteiger partial charge in [-0.15, -0.1) is 0 Å². The van der Waals surface area contributed by atoms with Gasteiger partial charge in [-0.3, -0.25) is 0 Å². The first-order chi connectivity index (χ1) is 13.6. The van der Waals surface area contributed by atoms with Gasteiger partial charge in [-0.05, 0) is 37.6 Å². The Morgan fingerprint density at radius 3 is 2.62 bits per heavy atom. The van der Waals surface area contributed by atoms with Crippen molar-refractivity contribution in [1.82, 2.24) is 10.6 Å². The van der Waals surface area contributed by atoms with Crippen molar-refractivity contribution in [3.63, 3.8) is 0 Å². The Bertz CT molecular complexity index is 862. The van der Waals surface area contributed by atoms with Gasteiger partial charge in [-0.25, -0.2) is 14.4 Å². The number of benzene rings is 1. The summed E-state index contributed by atoms with van der Waals surface area (Å²) >= 11 is 0. The zero-order valence-electron chi connectivity index (χ0n) is 15.6. The molecule has 1 aromatic rings. The Hall–Kier alpha value is -3.30. The van der Waals surface area contributed by atoms with Gasteiger partial charge in [0.05, 0.1) is 29.5 Å². The molecule has 2 rings (SSSR count). The average molecular weight is 412 g/mol. The molecule has 1 aliphatic heterocycles. The Balaban J connectivity index is 2.08. The summed E-state index contributed by atoms with van der Waals surface area (Å²) in [6.07, 6.45) is -2.38. The topological polar surface area (TPSA) is 93.7 Å². The quantitative estimate of drug-likeness (QED) is 0.554. The van der Waals surface area contributed by atoms with Crippen molar-refractivity contribution in [2.24, 2.45) is 0 Å². The zero-order chi connectivity index (χ0) is 21.6. The number of rotatable bonds is 6. The van der Waals surface area contributed by atoms with Crippen molar-refractivity contribution in [2.45, 2.75) is 26.1 Å². The molecular formula is C19H19F3N2O5. The third-order valence-corrected chi connectivity index (χ3v) is 3.85. The SMILES string of the molecule is CCOC(=O)C1=C(COC(=O)/C=C/c2cccc(C(F)(F)F)c2)NC(=O)N[C@@H]1C. The molecule has 29 heavy (non-hydrogen) atoms. The number of esters is 2. The van der Waals surface area contributed by atoms with Gasteiger partial charge in [-0.2, -0.15) is 13.2 Å². The van der Waals surface area contributed by atoms with Crippen molar-refractivity contribution < 1.29 is 37.0 Å². The average Bonchev–Trinajstić information content (AvgIpc) is 2.64. The number of nitrogens with one attached hydrogen (secondary N) is 2. The normalized spacial score (nSPS) is 17.0. The van der Waals surface area contributed by atoms with Crippen LogP contribution in [0.3, 0.4) is 0 Å². The van der Waals surface area contributed by atoms with Crippen LogP contribution in [0, 0.1) is 0 Å². The van der Waals surface area contributed by atoms with Crippen LogP contribution in [0.25, 0.3) is 6.08 Å². The number of halogens is 3. The molecule has 7 nitrogen and oxygen atoms in total. The summed E-state index contributed by atoms with van der Waals surface area (Å²) in [4.78, 5) is 35.6. The number of carbonyl (C=O) groups excluding carboxylic acids is 3. The summed E-state index contributed by atoms with van der Waals surface area (Å²) < 4.78 is 48.1. The van der Waals surface area contributed by atoms with Crippen molar-refractivity contribution >= 4 is 24.0 Å². The second-order valence-electron chi connectivity index (χ2n) is 6.00. The molecular weight excluding hydrogens is 393 g/mol. The molecule has 1 atom stereocenters. The van der Waals surface area contributed by atoms with E-state index in [1.807, 2.05) is 0 Å². The van der Waals surface area contributed by atoms with Gasteiger partial charge in [0.2, 0.25) is 0 Å². The molecule has 2 amide bonds. The maximum absolute atomic E-state index is 12.7. The van der Waals surface area contributed by atoms with E-state index >= 15 is 0 Å². The van der Waals surface area contributed by atoms with E-state index in [1.165, 1.54) is 18.2 Å². The molecule has 1 aliphatic rings. The van der Waals surface area contributed by atoms with E-state index in [2.05, 4.69) is 10.6 Å². The number of amides is 2. The van der Waals surface area contributed by atoms with E-state index in [1.54, 1.807) is 13.8 Å². The van der Waals surface area contributed by atoms with Gasteiger partial charge in [0.1, 0.15) is 6.61 Å². The highest BCUT2D eigenvalue weighted by Gasteiger charge is 2.31. The van der Waals surface area contributed by atoms with Crippen LogP contribution in [0.2, 0.25) is 0 Å². The maximum atomic E-state index is 12.7. The Labute approximate surface area is 164 Å². The monoisotopic (exact) mass is 412 g/mol. The smallest absolute Gasteiger partial charge is 0.416 e. The van der Waals surface area contributed by atoms with Crippen molar-refractivity contribution in [3.05, 3.63) is 52.7 Å². The molecule has 0 fully saturated rings. The van der Waals surface area contributed by atoms with E-state index in [-0.39, 0.29) is 23.4 Å². The largest absolute Gasteiger partial charge is 0.463 e. The fourth-order valence-electron chi connectivity index (χ4n) is 2.57. The number of alkyl halides is 3. The molecule has 0 bridgehead atoms. The predicted molar refractivity (Wildman–Crippen MR) is 96.2 cm³/mol. The molecule has 1 heterocycles. The van der Waals surface area contributed by atoms with Gasteiger partial charge in [0, 0.05) is 6.08 Å². The number of carbonyl (C=O) groups is 3. The molecule has 0 spiro atoms. The lowest BCUT2D eigenvalue weighted by Gasteiger charge is -2.26. The summed E-state index contributed by atoms with van der Waals surface area (Å²) in [6.45, 7) is 2.89. The first kappa shape index (κ1) is 22.0.